The molecule has 12 rings (SSSR count). The zero-order valence-corrected chi connectivity index (χ0v) is 40.5. The lowest BCUT2D eigenvalue weighted by atomic mass is 10.1. The molecule has 4 bridgehead atoms. The SMILES string of the molecule is Cc1cc(-c2ccc3c(n2)N(C(=O)Nc2cc(N4CCOCC4)ccn2)[C@H]2CCN3C2)ccn1.Cc1cc(-c2ccc3c(n2)N[C@H]2CCN3C2)ccn1.Nc1cc(N2CCOCC2)ccn1.S.S. The van der Waals surface area contributed by atoms with E-state index in [0.717, 1.165) is 129 Å². The van der Waals surface area contributed by atoms with Crippen LogP contribution in [0.4, 0.5) is 50.8 Å². The predicted octanol–water partition coefficient (Wildman–Crippen LogP) is 6.50. The number of morpholine rings is 2. The van der Waals surface area contributed by atoms with Crippen LogP contribution in [0.2, 0.25) is 0 Å². The van der Waals surface area contributed by atoms with Crippen LogP contribution in [0.3, 0.4) is 0 Å². The lowest BCUT2D eigenvalue weighted by Crippen LogP contribution is -2.48. The van der Waals surface area contributed by atoms with Gasteiger partial charge in [-0.15, -0.1) is 0 Å². The van der Waals surface area contributed by atoms with E-state index in [9.17, 15) is 4.79 Å². The van der Waals surface area contributed by atoms with Gasteiger partial charge in [0.1, 0.15) is 11.6 Å². The first kappa shape index (κ1) is 48.1. The highest BCUT2D eigenvalue weighted by molar-refractivity contribution is 7.59. The molecule has 19 heteroatoms. The van der Waals surface area contributed by atoms with Crippen LogP contribution < -0.4 is 40.9 Å². The third-order valence-electron chi connectivity index (χ3n) is 12.8. The van der Waals surface area contributed by atoms with E-state index in [2.05, 4.69) is 74.4 Å². The number of anilines is 8. The molecule has 0 saturated carbocycles. The van der Waals surface area contributed by atoms with E-state index < -0.39 is 0 Å². The van der Waals surface area contributed by atoms with Gasteiger partial charge < -0.3 is 40.1 Å². The number of ether oxygens (including phenoxy) is 2. The van der Waals surface area contributed by atoms with E-state index in [-0.39, 0.29) is 39.1 Å². The highest BCUT2D eigenvalue weighted by Gasteiger charge is 2.40. The van der Waals surface area contributed by atoms with Gasteiger partial charge >= 0.3 is 6.03 Å². The maximum Gasteiger partial charge on any atom is 0.329 e. The fourth-order valence-corrected chi connectivity index (χ4v) is 9.44. The number of nitrogens with two attached hydrogens (primary N) is 1. The van der Waals surface area contributed by atoms with Gasteiger partial charge in [0.15, 0.2) is 11.6 Å². The number of amides is 2. The molecule has 0 spiro atoms. The van der Waals surface area contributed by atoms with Gasteiger partial charge in [-0.2, -0.15) is 27.0 Å². The number of rotatable bonds is 5. The molecule has 0 aromatic carbocycles. The van der Waals surface area contributed by atoms with E-state index in [4.69, 9.17) is 25.2 Å². The largest absolute Gasteiger partial charge is 0.384 e. The van der Waals surface area contributed by atoms with E-state index in [1.54, 1.807) is 18.6 Å². The van der Waals surface area contributed by atoms with Gasteiger partial charge in [0.25, 0.3) is 0 Å². The number of carbonyl (C=O) groups is 1. The normalized spacial score (nSPS) is 18.5. The number of hydrogen-bond acceptors (Lipinski definition) is 15. The first-order valence-electron chi connectivity index (χ1n) is 22.9. The van der Waals surface area contributed by atoms with Crippen LogP contribution in [0.25, 0.3) is 22.5 Å². The predicted molar refractivity (Wildman–Crippen MR) is 280 cm³/mol. The molecule has 17 nitrogen and oxygen atoms in total. The van der Waals surface area contributed by atoms with Crippen LogP contribution in [0.1, 0.15) is 24.2 Å². The first-order valence-corrected chi connectivity index (χ1v) is 22.9. The van der Waals surface area contributed by atoms with Crippen molar-refractivity contribution in [2.24, 2.45) is 0 Å². The van der Waals surface area contributed by atoms with Crippen molar-refractivity contribution in [2.45, 2.75) is 38.8 Å². The molecule has 6 aliphatic rings. The number of aryl methyl sites for hydroxylation is 2. The van der Waals surface area contributed by atoms with Gasteiger partial charge in [0, 0.05) is 129 Å². The lowest BCUT2D eigenvalue weighted by Gasteiger charge is -2.36. The summed E-state index contributed by atoms with van der Waals surface area (Å²) in [7, 11) is 0. The standard InChI is InChI=1S/C25H27N7O2.C15H16N4.C9H13N3O.2H2S/c1-17-14-18(4-7-26-17)21-2-3-22-24(28-21)32(20-6-9-31(22)16-20)25(33)29-23-15-19(5-8-27-23)30-10-12-34-13-11-30;1-10-8-11(4-6-16-10)13-2-3-14-15(18-13)17-12-5-7-19(14)9-12;10-9-7-8(1-2-11-9)12-3-5-13-6-4-12;;/h2-5,7-8,14-15,20H,6,9-13,16H2,1H3,(H,27,29,33);2-4,6,8,12H,5,7,9H2,1H3,(H,17,18);1-2,7H,3-6H2,(H2,10,11);2*1H2/t20-;12-;;;/m00.../s1. The molecule has 6 aromatic heterocycles. The third kappa shape index (κ3) is 10.8. The second kappa shape index (κ2) is 21.7. The molecule has 6 aliphatic heterocycles. The Kier molecular flexibility index (Phi) is 15.3. The van der Waals surface area contributed by atoms with Crippen molar-refractivity contribution < 1.29 is 14.3 Å². The van der Waals surface area contributed by atoms with Crippen molar-refractivity contribution in [3.8, 4) is 22.5 Å². The van der Waals surface area contributed by atoms with E-state index >= 15 is 0 Å². The molecular weight excluding hydrogens is 897 g/mol. The number of fused-ring (bicyclic) bond motifs is 8. The third-order valence-corrected chi connectivity index (χ3v) is 12.8. The van der Waals surface area contributed by atoms with Crippen LogP contribution in [0.15, 0.2) is 97.6 Å². The van der Waals surface area contributed by atoms with Crippen molar-refractivity contribution in [1.29, 1.82) is 0 Å². The fourth-order valence-electron chi connectivity index (χ4n) is 9.44. The second-order valence-corrected chi connectivity index (χ2v) is 17.3. The maximum atomic E-state index is 13.6. The molecular formula is C49H60N14O3S2. The summed E-state index contributed by atoms with van der Waals surface area (Å²) in [5, 5.41) is 6.58. The number of aromatic nitrogens is 6. The van der Waals surface area contributed by atoms with Crippen LogP contribution in [0.5, 0.6) is 0 Å². The molecule has 2 atom stereocenters. The van der Waals surface area contributed by atoms with Crippen LogP contribution in [-0.4, -0.2) is 127 Å². The average molecular weight is 957 g/mol. The molecule has 4 fully saturated rings. The van der Waals surface area contributed by atoms with Gasteiger partial charge in [-0.1, -0.05) is 0 Å². The van der Waals surface area contributed by atoms with Crippen molar-refractivity contribution >= 4 is 79.0 Å². The molecule has 6 aromatic rings. The first-order chi connectivity index (χ1) is 32.3. The van der Waals surface area contributed by atoms with Crippen LogP contribution in [-0.2, 0) is 9.47 Å². The van der Waals surface area contributed by atoms with Crippen molar-refractivity contribution in [3.63, 3.8) is 0 Å². The number of hydrogen-bond donors (Lipinski definition) is 3. The van der Waals surface area contributed by atoms with Crippen molar-refractivity contribution in [3.05, 3.63) is 109 Å². The van der Waals surface area contributed by atoms with Gasteiger partial charge in [0.05, 0.1) is 55.2 Å². The number of urea groups is 1. The highest BCUT2D eigenvalue weighted by Crippen LogP contribution is 2.41. The molecule has 4 N–H and O–H groups in total. The smallest absolute Gasteiger partial charge is 0.329 e. The fraction of sp³-hybridized carbons (Fsp3) is 0.367. The van der Waals surface area contributed by atoms with Crippen molar-refractivity contribution in [2.75, 3.05) is 120 Å². The molecule has 0 aliphatic carbocycles. The minimum absolute atomic E-state index is 0. The Bertz CT molecular complexity index is 2690. The molecule has 0 radical (unpaired) electrons. The summed E-state index contributed by atoms with van der Waals surface area (Å²) in [5.41, 5.74) is 15.9. The average Bonchev–Trinajstić information content (AvgIpc) is 3.96. The highest BCUT2D eigenvalue weighted by atomic mass is 32.1. The summed E-state index contributed by atoms with van der Waals surface area (Å²) < 4.78 is 10.7. The quantitative estimate of drug-likeness (QED) is 0.171. The number of carbonyl (C=O) groups excluding carboxylic acids is 1. The summed E-state index contributed by atoms with van der Waals surface area (Å²) in [4.78, 5) is 51.3. The van der Waals surface area contributed by atoms with Crippen LogP contribution >= 0.6 is 27.0 Å². The second-order valence-electron chi connectivity index (χ2n) is 17.3. The molecule has 2 amide bonds. The minimum Gasteiger partial charge on any atom is -0.384 e. The van der Waals surface area contributed by atoms with E-state index in [0.29, 0.717) is 36.7 Å². The Labute approximate surface area is 411 Å². The van der Waals surface area contributed by atoms with Gasteiger partial charge in [-0.3, -0.25) is 20.2 Å². The Hall–Kier alpha value is -6.41. The summed E-state index contributed by atoms with van der Waals surface area (Å²) in [6.45, 7) is 14.5. The number of pyridine rings is 6. The number of nitrogens with one attached hydrogen (secondary N) is 2. The number of nitrogen functional groups attached to an aromatic ring is 1. The zero-order chi connectivity index (χ0) is 45.0. The van der Waals surface area contributed by atoms with Gasteiger partial charge in [-0.25, -0.2) is 24.7 Å². The molecule has 68 heavy (non-hydrogen) atoms. The number of nitrogens with zero attached hydrogens (tertiary/aromatic N) is 11. The summed E-state index contributed by atoms with van der Waals surface area (Å²) in [5.74, 6) is 2.84. The Morgan fingerprint density at radius 3 is 1.85 bits per heavy atom. The lowest BCUT2D eigenvalue weighted by molar-refractivity contribution is 0.122. The van der Waals surface area contributed by atoms with E-state index in [1.165, 1.54) is 12.1 Å². The topological polar surface area (TPSA) is 179 Å². The van der Waals surface area contributed by atoms with Crippen LogP contribution in [0, 0.1) is 13.8 Å². The summed E-state index contributed by atoms with van der Waals surface area (Å²) >= 11 is 0. The Balaban J connectivity index is 0.000000154. The summed E-state index contributed by atoms with van der Waals surface area (Å²) in [6.07, 6.45) is 9.22. The van der Waals surface area contributed by atoms with Gasteiger partial charge in [-0.05, 0) is 87.4 Å². The van der Waals surface area contributed by atoms with Crippen molar-refractivity contribution in [1.82, 2.24) is 29.9 Å². The minimum atomic E-state index is -0.199. The molecule has 4 saturated heterocycles. The molecule has 12 heterocycles. The monoisotopic (exact) mass is 956 g/mol. The van der Waals surface area contributed by atoms with E-state index in [1.807, 2.05) is 73.5 Å². The summed E-state index contributed by atoms with van der Waals surface area (Å²) in [6, 6.07) is 24.6. The Morgan fingerprint density at radius 1 is 0.632 bits per heavy atom. The van der Waals surface area contributed by atoms with Gasteiger partial charge in [0.2, 0.25) is 0 Å². The zero-order valence-electron chi connectivity index (χ0n) is 38.5. The molecule has 356 valence electrons. The Morgan fingerprint density at radius 2 is 1.21 bits per heavy atom. The maximum absolute atomic E-state index is 13.6. The molecule has 0 unspecified atom stereocenters.